The number of benzene rings is 1. The van der Waals surface area contributed by atoms with Crippen molar-refractivity contribution in [3.63, 3.8) is 0 Å². The Morgan fingerprint density at radius 3 is 2.54 bits per heavy atom. The molecule has 1 aromatic carbocycles. The van der Waals surface area contributed by atoms with Gasteiger partial charge in [0, 0.05) is 23.9 Å². The van der Waals surface area contributed by atoms with E-state index >= 15 is 0 Å². The van der Waals surface area contributed by atoms with Crippen LogP contribution in [0.2, 0.25) is 0 Å². The predicted molar refractivity (Wildman–Crippen MR) is 90.2 cm³/mol. The number of carboxylic acids is 1. The molecule has 0 saturated heterocycles. The van der Waals surface area contributed by atoms with E-state index in [0.29, 0.717) is 17.9 Å². The van der Waals surface area contributed by atoms with Gasteiger partial charge in [-0.15, -0.1) is 0 Å². The summed E-state index contributed by atoms with van der Waals surface area (Å²) in [6, 6.07) is 8.30. The molecule has 0 radical (unpaired) electrons. The SMILES string of the molecule is CC(C)C(C(=O)O)N1Cc2ccc(-c3ccc(N)nc3)cc2C1=O. The summed E-state index contributed by atoms with van der Waals surface area (Å²) in [4.78, 5) is 29.7. The minimum atomic E-state index is -0.978. The van der Waals surface area contributed by atoms with Crippen LogP contribution in [0.5, 0.6) is 0 Å². The van der Waals surface area contributed by atoms with Gasteiger partial charge in [-0.25, -0.2) is 9.78 Å². The number of pyridine rings is 1. The number of nitrogens with two attached hydrogens (primary N) is 1. The molecule has 1 aliphatic rings. The van der Waals surface area contributed by atoms with Crippen molar-refractivity contribution >= 4 is 17.7 Å². The molecular formula is C18H19N3O3. The van der Waals surface area contributed by atoms with Gasteiger partial charge in [0.1, 0.15) is 11.9 Å². The summed E-state index contributed by atoms with van der Waals surface area (Å²) in [6.07, 6.45) is 1.66. The maximum atomic E-state index is 12.7. The highest BCUT2D eigenvalue weighted by atomic mass is 16.4. The minimum Gasteiger partial charge on any atom is -0.480 e. The summed E-state index contributed by atoms with van der Waals surface area (Å²) in [7, 11) is 0. The second kappa shape index (κ2) is 5.96. The van der Waals surface area contributed by atoms with Gasteiger partial charge in [0.15, 0.2) is 0 Å². The van der Waals surface area contributed by atoms with Gasteiger partial charge >= 0.3 is 5.97 Å². The van der Waals surface area contributed by atoms with Crippen LogP contribution in [0.4, 0.5) is 5.82 Å². The van der Waals surface area contributed by atoms with Crippen LogP contribution < -0.4 is 5.73 Å². The third kappa shape index (κ3) is 2.71. The van der Waals surface area contributed by atoms with Crippen LogP contribution in [0.25, 0.3) is 11.1 Å². The van der Waals surface area contributed by atoms with Gasteiger partial charge in [0.2, 0.25) is 0 Å². The first kappa shape index (κ1) is 16.0. The molecule has 0 fully saturated rings. The fraction of sp³-hybridized carbons (Fsp3) is 0.278. The summed E-state index contributed by atoms with van der Waals surface area (Å²) in [5.74, 6) is -0.949. The molecule has 2 heterocycles. The molecular weight excluding hydrogens is 306 g/mol. The van der Waals surface area contributed by atoms with Gasteiger partial charge < -0.3 is 15.7 Å². The molecule has 124 valence electrons. The number of nitrogens with zero attached hydrogens (tertiary/aromatic N) is 2. The van der Waals surface area contributed by atoms with Crippen molar-refractivity contribution in [3.05, 3.63) is 47.7 Å². The van der Waals surface area contributed by atoms with Crippen molar-refractivity contribution in [2.24, 2.45) is 5.92 Å². The van der Waals surface area contributed by atoms with E-state index in [9.17, 15) is 14.7 Å². The number of nitrogen functional groups attached to an aromatic ring is 1. The fourth-order valence-electron chi connectivity index (χ4n) is 3.08. The van der Waals surface area contributed by atoms with Crippen LogP contribution in [0.15, 0.2) is 36.5 Å². The Hall–Kier alpha value is -2.89. The summed E-state index contributed by atoms with van der Waals surface area (Å²) in [5.41, 5.74) is 8.71. The average molecular weight is 325 g/mol. The Kier molecular flexibility index (Phi) is 3.97. The first-order valence-corrected chi connectivity index (χ1v) is 7.77. The molecule has 6 heteroatoms. The number of aliphatic carboxylic acids is 1. The van der Waals surface area contributed by atoms with E-state index in [1.54, 1.807) is 32.2 Å². The van der Waals surface area contributed by atoms with Crippen molar-refractivity contribution in [3.8, 4) is 11.1 Å². The van der Waals surface area contributed by atoms with Crippen molar-refractivity contribution in [2.75, 3.05) is 5.73 Å². The first-order valence-electron chi connectivity index (χ1n) is 7.77. The van der Waals surface area contributed by atoms with Crippen molar-refractivity contribution in [2.45, 2.75) is 26.4 Å². The van der Waals surface area contributed by atoms with Gasteiger partial charge in [-0.1, -0.05) is 26.0 Å². The van der Waals surface area contributed by atoms with Crippen molar-refractivity contribution in [1.29, 1.82) is 0 Å². The molecule has 6 nitrogen and oxygen atoms in total. The Morgan fingerprint density at radius 1 is 1.25 bits per heavy atom. The van der Waals surface area contributed by atoms with E-state index in [4.69, 9.17) is 5.73 Å². The lowest BCUT2D eigenvalue weighted by Crippen LogP contribution is -2.44. The van der Waals surface area contributed by atoms with Crippen LogP contribution in [0.3, 0.4) is 0 Å². The van der Waals surface area contributed by atoms with Crippen molar-refractivity contribution < 1.29 is 14.7 Å². The largest absolute Gasteiger partial charge is 0.480 e. The lowest BCUT2D eigenvalue weighted by molar-refractivity contribution is -0.144. The number of amides is 1. The quantitative estimate of drug-likeness (QED) is 0.899. The number of hydrogen-bond acceptors (Lipinski definition) is 4. The van der Waals surface area contributed by atoms with Crippen LogP contribution >= 0.6 is 0 Å². The number of hydrogen-bond donors (Lipinski definition) is 2. The molecule has 3 N–H and O–H groups in total. The third-order valence-electron chi connectivity index (χ3n) is 4.28. The zero-order valence-corrected chi connectivity index (χ0v) is 13.6. The standard InChI is InChI=1S/C18H19N3O3/c1-10(2)16(18(23)24)21-9-13-4-3-11(7-14(13)17(21)22)12-5-6-15(19)20-8-12/h3-8,10,16H,9H2,1-2H3,(H2,19,20)(H,23,24). The summed E-state index contributed by atoms with van der Waals surface area (Å²) in [6.45, 7) is 3.94. The van der Waals surface area contributed by atoms with E-state index in [1.165, 1.54) is 4.90 Å². The number of carbonyl (C=O) groups excluding carboxylic acids is 1. The first-order chi connectivity index (χ1) is 11.4. The lowest BCUT2D eigenvalue weighted by atomic mass is 10.0. The van der Waals surface area contributed by atoms with E-state index < -0.39 is 12.0 Å². The van der Waals surface area contributed by atoms with Gasteiger partial charge in [-0.3, -0.25) is 4.79 Å². The number of carbonyl (C=O) groups is 2. The van der Waals surface area contributed by atoms with Crippen LogP contribution in [0, 0.1) is 5.92 Å². The Balaban J connectivity index is 1.95. The van der Waals surface area contributed by atoms with Crippen LogP contribution in [0.1, 0.15) is 29.8 Å². The molecule has 24 heavy (non-hydrogen) atoms. The molecule has 0 bridgehead atoms. The predicted octanol–water partition coefficient (Wildman–Crippen LogP) is 2.40. The monoisotopic (exact) mass is 325 g/mol. The number of rotatable bonds is 4. The van der Waals surface area contributed by atoms with Gasteiger partial charge in [-0.05, 0) is 35.2 Å². The highest BCUT2D eigenvalue weighted by Gasteiger charge is 2.38. The zero-order valence-electron chi connectivity index (χ0n) is 13.6. The maximum absolute atomic E-state index is 12.7. The highest BCUT2D eigenvalue weighted by molar-refractivity contribution is 6.01. The van der Waals surface area contributed by atoms with E-state index in [-0.39, 0.29) is 11.8 Å². The topological polar surface area (TPSA) is 96.5 Å². The normalized spacial score (nSPS) is 14.8. The molecule has 0 saturated carbocycles. The molecule has 0 aliphatic carbocycles. The van der Waals surface area contributed by atoms with E-state index in [2.05, 4.69) is 4.98 Å². The molecule has 0 spiro atoms. The Morgan fingerprint density at radius 2 is 1.96 bits per heavy atom. The van der Waals surface area contributed by atoms with Gasteiger partial charge in [0.05, 0.1) is 0 Å². The van der Waals surface area contributed by atoms with Crippen molar-refractivity contribution in [1.82, 2.24) is 9.88 Å². The maximum Gasteiger partial charge on any atom is 0.326 e. The smallest absolute Gasteiger partial charge is 0.326 e. The van der Waals surface area contributed by atoms with E-state index in [1.807, 2.05) is 18.2 Å². The summed E-state index contributed by atoms with van der Waals surface area (Å²) in [5, 5.41) is 9.45. The molecule has 3 rings (SSSR count). The molecule has 1 aliphatic heterocycles. The van der Waals surface area contributed by atoms with Gasteiger partial charge in [-0.2, -0.15) is 0 Å². The van der Waals surface area contributed by atoms with Crippen LogP contribution in [-0.2, 0) is 11.3 Å². The number of fused-ring (bicyclic) bond motifs is 1. The van der Waals surface area contributed by atoms with Crippen LogP contribution in [-0.4, -0.2) is 32.9 Å². The summed E-state index contributed by atoms with van der Waals surface area (Å²) < 4.78 is 0. The zero-order chi connectivity index (χ0) is 17.4. The lowest BCUT2D eigenvalue weighted by Gasteiger charge is -2.27. The number of carboxylic acid groups (broad SMARTS) is 1. The van der Waals surface area contributed by atoms with E-state index in [0.717, 1.165) is 16.7 Å². The Bertz CT molecular complexity index is 800. The number of aromatic nitrogens is 1. The Labute approximate surface area is 139 Å². The molecule has 1 atom stereocenters. The van der Waals surface area contributed by atoms with Gasteiger partial charge in [0.25, 0.3) is 5.91 Å². The molecule has 1 aromatic heterocycles. The second-order valence-electron chi connectivity index (χ2n) is 6.30. The average Bonchev–Trinajstić information content (AvgIpc) is 2.84. The number of anilines is 1. The highest BCUT2D eigenvalue weighted by Crippen LogP contribution is 2.31. The second-order valence-corrected chi connectivity index (χ2v) is 6.30. The summed E-state index contributed by atoms with van der Waals surface area (Å²) >= 11 is 0. The minimum absolute atomic E-state index is 0.165. The third-order valence-corrected chi connectivity index (χ3v) is 4.28. The molecule has 1 unspecified atom stereocenters. The molecule has 2 aromatic rings. The fourth-order valence-corrected chi connectivity index (χ4v) is 3.08. The molecule has 1 amide bonds.